The highest BCUT2D eigenvalue weighted by atomic mass is 15.1. The summed E-state index contributed by atoms with van der Waals surface area (Å²) < 4.78 is 2.46. The molecule has 0 bridgehead atoms. The molecule has 1 aliphatic carbocycles. The van der Waals surface area contributed by atoms with E-state index in [0.717, 1.165) is 28.2 Å². The van der Waals surface area contributed by atoms with Gasteiger partial charge in [-0.2, -0.15) is 0 Å². The minimum atomic E-state index is -0.224. The number of benzene rings is 9. The van der Waals surface area contributed by atoms with Gasteiger partial charge in [0.2, 0.25) is 0 Å². The average Bonchev–Trinajstić information content (AvgIpc) is 3.72. The van der Waals surface area contributed by atoms with Crippen LogP contribution >= 0.6 is 0 Å². The molecule has 268 valence electrons. The van der Waals surface area contributed by atoms with E-state index in [0.29, 0.717) is 0 Å². The molecule has 9 aromatic carbocycles. The lowest BCUT2D eigenvalue weighted by Crippen LogP contribution is -2.16. The monoisotopic (exact) mass is 726 g/mol. The van der Waals surface area contributed by atoms with Crippen molar-refractivity contribution >= 4 is 60.4 Å². The van der Waals surface area contributed by atoms with E-state index in [1.54, 1.807) is 0 Å². The van der Waals surface area contributed by atoms with Crippen LogP contribution in [0.4, 0.5) is 17.1 Å². The maximum atomic E-state index is 3.54. The molecular formula is C55H38N2. The summed E-state index contributed by atoms with van der Waals surface area (Å²) in [6.45, 7) is 4.74. The highest BCUT2D eigenvalue weighted by molar-refractivity contribution is 6.15. The van der Waals surface area contributed by atoms with Gasteiger partial charge in [0.05, 0.1) is 16.7 Å². The predicted molar refractivity (Wildman–Crippen MR) is 240 cm³/mol. The van der Waals surface area contributed by atoms with Gasteiger partial charge in [0.25, 0.3) is 0 Å². The SMILES string of the molecule is CC1(C)c2cc(C#Cc3ccc(N(c4ccccc4)c4cc5ccccc5c5ccccc45)cc3)ccc2-c2ccc3c4ccccc4n(-c4ccccc4)c3c21. The number of hydrogen-bond donors (Lipinski definition) is 0. The van der Waals surface area contributed by atoms with Crippen LogP contribution in [-0.4, -0.2) is 4.57 Å². The Morgan fingerprint density at radius 2 is 1.05 bits per heavy atom. The van der Waals surface area contributed by atoms with Gasteiger partial charge in [-0.3, -0.25) is 0 Å². The first-order chi connectivity index (χ1) is 28.0. The smallest absolute Gasteiger partial charge is 0.0588 e. The Morgan fingerprint density at radius 3 is 1.84 bits per heavy atom. The van der Waals surface area contributed by atoms with E-state index in [-0.39, 0.29) is 5.41 Å². The highest BCUT2D eigenvalue weighted by Gasteiger charge is 2.38. The van der Waals surface area contributed by atoms with E-state index in [1.807, 2.05) is 0 Å². The summed E-state index contributed by atoms with van der Waals surface area (Å²) in [5.41, 5.74) is 14.1. The lowest BCUT2D eigenvalue weighted by molar-refractivity contribution is 0.663. The molecule has 0 radical (unpaired) electrons. The third-order valence-corrected chi connectivity index (χ3v) is 11.9. The number of aromatic nitrogens is 1. The van der Waals surface area contributed by atoms with E-state index in [2.05, 4.69) is 229 Å². The quantitative estimate of drug-likeness (QED) is 0.129. The zero-order valence-corrected chi connectivity index (χ0v) is 31.9. The molecule has 1 heterocycles. The molecule has 57 heavy (non-hydrogen) atoms. The van der Waals surface area contributed by atoms with Crippen molar-refractivity contribution in [2.24, 2.45) is 0 Å². The van der Waals surface area contributed by atoms with Gasteiger partial charge in [0, 0.05) is 49.8 Å². The molecule has 0 fully saturated rings. The molecule has 0 aliphatic heterocycles. The molecule has 10 aromatic rings. The van der Waals surface area contributed by atoms with Gasteiger partial charge in [-0.25, -0.2) is 0 Å². The molecule has 0 spiro atoms. The second-order valence-electron chi connectivity index (χ2n) is 15.6. The van der Waals surface area contributed by atoms with Gasteiger partial charge in [-0.15, -0.1) is 0 Å². The summed E-state index contributed by atoms with van der Waals surface area (Å²) in [7, 11) is 0. The second kappa shape index (κ2) is 12.9. The zero-order valence-electron chi connectivity index (χ0n) is 31.9. The first-order valence-corrected chi connectivity index (χ1v) is 19.7. The van der Waals surface area contributed by atoms with Crippen LogP contribution in [0.15, 0.2) is 194 Å². The molecule has 1 aromatic heterocycles. The fourth-order valence-electron chi connectivity index (χ4n) is 9.33. The minimum absolute atomic E-state index is 0.224. The van der Waals surface area contributed by atoms with Crippen molar-refractivity contribution in [3.8, 4) is 28.7 Å². The minimum Gasteiger partial charge on any atom is -0.310 e. The normalized spacial score (nSPS) is 12.7. The fraction of sp³-hybridized carbons (Fsp3) is 0.0545. The highest BCUT2D eigenvalue weighted by Crippen LogP contribution is 2.53. The fourth-order valence-corrected chi connectivity index (χ4v) is 9.33. The predicted octanol–water partition coefficient (Wildman–Crippen LogP) is 14.3. The van der Waals surface area contributed by atoms with E-state index < -0.39 is 0 Å². The van der Waals surface area contributed by atoms with Gasteiger partial charge < -0.3 is 9.47 Å². The molecule has 0 amide bonds. The number of rotatable bonds is 4. The van der Waals surface area contributed by atoms with Crippen LogP contribution < -0.4 is 4.90 Å². The molecule has 0 unspecified atom stereocenters. The average molecular weight is 727 g/mol. The van der Waals surface area contributed by atoms with Gasteiger partial charge in [0.15, 0.2) is 0 Å². The number of nitrogens with zero attached hydrogens (tertiary/aromatic N) is 2. The number of para-hydroxylation sites is 3. The second-order valence-corrected chi connectivity index (χ2v) is 15.6. The number of anilines is 3. The van der Waals surface area contributed by atoms with E-state index in [9.17, 15) is 0 Å². The van der Waals surface area contributed by atoms with Gasteiger partial charge in [0.1, 0.15) is 0 Å². The number of fused-ring (bicyclic) bond motifs is 10. The third-order valence-electron chi connectivity index (χ3n) is 11.9. The van der Waals surface area contributed by atoms with Crippen molar-refractivity contribution in [3.63, 3.8) is 0 Å². The first-order valence-electron chi connectivity index (χ1n) is 19.7. The Morgan fingerprint density at radius 1 is 0.456 bits per heavy atom. The molecule has 2 heteroatoms. The van der Waals surface area contributed by atoms with Crippen molar-refractivity contribution in [2.75, 3.05) is 4.90 Å². The molecule has 1 aliphatic rings. The molecule has 0 atom stereocenters. The van der Waals surface area contributed by atoms with Gasteiger partial charge in [-0.1, -0.05) is 147 Å². The maximum absolute atomic E-state index is 3.54. The first kappa shape index (κ1) is 33.0. The van der Waals surface area contributed by atoms with Gasteiger partial charge in [-0.05, 0) is 111 Å². The number of hydrogen-bond acceptors (Lipinski definition) is 1. The molecule has 0 saturated carbocycles. The largest absolute Gasteiger partial charge is 0.310 e. The Labute approximate surface area is 332 Å². The summed E-state index contributed by atoms with van der Waals surface area (Å²) in [4.78, 5) is 2.36. The Hall–Kier alpha value is -7.34. The standard InChI is InChI=1S/C55H38N2/c1-55(2)50-35-38(29-32-45(50)48-33-34-49-47-23-13-14-24-51(47)57(54(49)53(48)55)41-18-7-4-8-19-41)26-25-37-27-30-42(31-28-37)56(40-16-5-3-6-17-40)52-36-39-15-9-10-20-43(39)44-21-11-12-22-46(44)52/h3-24,27-36H,1-2H3. The van der Waals surface area contributed by atoms with Crippen molar-refractivity contribution in [2.45, 2.75) is 19.3 Å². The summed E-state index contributed by atoms with van der Waals surface area (Å²) in [5, 5.41) is 7.51. The summed E-state index contributed by atoms with van der Waals surface area (Å²) >= 11 is 0. The molecular weight excluding hydrogens is 689 g/mol. The van der Waals surface area contributed by atoms with Crippen LogP contribution in [0.1, 0.15) is 36.1 Å². The van der Waals surface area contributed by atoms with Crippen LogP contribution in [0.2, 0.25) is 0 Å². The zero-order chi connectivity index (χ0) is 38.1. The Bertz CT molecular complexity index is 3250. The van der Waals surface area contributed by atoms with Gasteiger partial charge >= 0.3 is 0 Å². The molecule has 0 saturated heterocycles. The molecule has 0 N–H and O–H groups in total. The van der Waals surface area contributed by atoms with E-state index in [4.69, 9.17) is 0 Å². The maximum Gasteiger partial charge on any atom is 0.0588 e. The van der Waals surface area contributed by atoms with E-state index in [1.165, 1.54) is 71.3 Å². The van der Waals surface area contributed by atoms with E-state index >= 15 is 0 Å². The third kappa shape index (κ3) is 5.21. The van der Waals surface area contributed by atoms with Crippen molar-refractivity contribution in [3.05, 3.63) is 216 Å². The Kier molecular flexibility index (Phi) is 7.46. The van der Waals surface area contributed by atoms with Crippen molar-refractivity contribution in [1.82, 2.24) is 4.57 Å². The summed E-state index contributed by atoms with van der Waals surface area (Å²) in [6, 6.07) is 70.0. The van der Waals surface area contributed by atoms with Crippen LogP contribution in [0, 0.1) is 11.8 Å². The van der Waals surface area contributed by atoms with Crippen LogP contribution in [0.5, 0.6) is 0 Å². The molecule has 11 rings (SSSR count). The lowest BCUT2D eigenvalue weighted by atomic mass is 9.81. The lowest BCUT2D eigenvalue weighted by Gasteiger charge is -2.27. The molecule has 2 nitrogen and oxygen atoms in total. The summed E-state index contributed by atoms with van der Waals surface area (Å²) in [6.07, 6.45) is 0. The van der Waals surface area contributed by atoms with Crippen LogP contribution in [0.25, 0.3) is 60.2 Å². The topological polar surface area (TPSA) is 8.17 Å². The van der Waals surface area contributed by atoms with Crippen LogP contribution in [-0.2, 0) is 5.41 Å². The Balaban J connectivity index is 0.972. The van der Waals surface area contributed by atoms with Crippen molar-refractivity contribution < 1.29 is 0 Å². The van der Waals surface area contributed by atoms with Crippen LogP contribution in [0.3, 0.4) is 0 Å². The van der Waals surface area contributed by atoms with Crippen molar-refractivity contribution in [1.29, 1.82) is 0 Å². The summed E-state index contributed by atoms with van der Waals surface area (Å²) in [5.74, 6) is 7.04.